The van der Waals surface area contributed by atoms with Gasteiger partial charge in [-0.1, -0.05) is 43.2 Å². The lowest BCUT2D eigenvalue weighted by atomic mass is 9.69. The quantitative estimate of drug-likeness (QED) is 0.659. The first-order valence-electron chi connectivity index (χ1n) is 10.3. The molecule has 0 radical (unpaired) electrons. The van der Waals surface area contributed by atoms with Crippen molar-refractivity contribution >= 4 is 5.97 Å². The van der Waals surface area contributed by atoms with Crippen LogP contribution in [0.15, 0.2) is 24.3 Å². The molecule has 0 amide bonds. The molecule has 4 heteroatoms. The number of aliphatic hydroxyl groups is 1. The lowest BCUT2D eigenvalue weighted by Gasteiger charge is -2.45. The summed E-state index contributed by atoms with van der Waals surface area (Å²) in [7, 11) is 0. The van der Waals surface area contributed by atoms with Gasteiger partial charge in [0.25, 0.3) is 0 Å². The number of hydrogen-bond acceptors (Lipinski definition) is 4. The Morgan fingerprint density at radius 2 is 2.00 bits per heavy atom. The number of carbonyl (C=O) groups excluding carboxylic acids is 1. The number of esters is 1. The molecule has 3 aliphatic heterocycles. The summed E-state index contributed by atoms with van der Waals surface area (Å²) in [5.41, 5.74) is 1.33. The molecule has 4 nitrogen and oxygen atoms in total. The number of hydrogen-bond donors (Lipinski definition) is 1. The standard InChI is InChI=1S/C23H29NO3/c25-15-5-7-18-6-4-8-20(16-18)23(11-2-1-3-12-23)22(26)27-21-17-24-13-9-19(21)10-14-24/h4,6,8,16,19,21,25H,1-3,9-15,17H2/t21-/m0/s1. The number of benzene rings is 1. The molecule has 27 heavy (non-hydrogen) atoms. The SMILES string of the molecule is O=C(O[C@H]1CN2CCC1CC2)C1(c2cccc(C#CCO)c2)CCCCC1. The molecule has 3 saturated heterocycles. The molecule has 4 aliphatic rings. The second kappa shape index (κ2) is 8.04. The van der Waals surface area contributed by atoms with Crippen molar-refractivity contribution in [1.82, 2.24) is 4.90 Å². The summed E-state index contributed by atoms with van der Waals surface area (Å²) in [4.78, 5) is 15.9. The Bertz CT molecular complexity index is 733. The van der Waals surface area contributed by atoms with Crippen LogP contribution >= 0.6 is 0 Å². The fourth-order valence-electron chi connectivity index (χ4n) is 5.10. The van der Waals surface area contributed by atoms with E-state index in [0.29, 0.717) is 5.92 Å². The first kappa shape index (κ1) is 18.5. The first-order chi connectivity index (χ1) is 13.2. The van der Waals surface area contributed by atoms with Crippen molar-refractivity contribution in [2.75, 3.05) is 26.2 Å². The molecule has 1 atom stereocenters. The van der Waals surface area contributed by atoms with Crippen LogP contribution in [0.3, 0.4) is 0 Å². The van der Waals surface area contributed by atoms with Gasteiger partial charge in [0, 0.05) is 12.1 Å². The predicted octanol–water partition coefficient (Wildman–Crippen LogP) is 2.87. The third-order valence-corrected chi connectivity index (χ3v) is 6.68. The maximum absolute atomic E-state index is 13.5. The summed E-state index contributed by atoms with van der Waals surface area (Å²) in [6.07, 6.45) is 7.35. The van der Waals surface area contributed by atoms with Gasteiger partial charge in [-0.15, -0.1) is 0 Å². The molecule has 1 aliphatic carbocycles. The maximum Gasteiger partial charge on any atom is 0.316 e. The highest BCUT2D eigenvalue weighted by Crippen LogP contribution is 2.42. The molecule has 0 spiro atoms. The molecule has 1 N–H and O–H groups in total. The van der Waals surface area contributed by atoms with Crippen molar-refractivity contribution in [3.8, 4) is 11.8 Å². The van der Waals surface area contributed by atoms with Crippen LogP contribution in [0.25, 0.3) is 0 Å². The third kappa shape index (κ3) is 3.77. The van der Waals surface area contributed by atoms with E-state index >= 15 is 0 Å². The van der Waals surface area contributed by atoms with E-state index in [-0.39, 0.29) is 18.7 Å². The lowest BCUT2D eigenvalue weighted by Crippen LogP contribution is -2.53. The number of fused-ring (bicyclic) bond motifs is 3. The van der Waals surface area contributed by atoms with Crippen LogP contribution in [0.5, 0.6) is 0 Å². The number of carbonyl (C=O) groups is 1. The van der Waals surface area contributed by atoms with Crippen molar-refractivity contribution in [3.63, 3.8) is 0 Å². The molecule has 3 heterocycles. The Labute approximate surface area is 161 Å². The van der Waals surface area contributed by atoms with Crippen molar-refractivity contribution in [2.45, 2.75) is 56.5 Å². The minimum Gasteiger partial charge on any atom is -0.460 e. The number of aliphatic hydroxyl groups excluding tert-OH is 1. The molecule has 1 saturated carbocycles. The van der Waals surface area contributed by atoms with E-state index in [1.54, 1.807) is 0 Å². The Hall–Kier alpha value is -1.83. The van der Waals surface area contributed by atoms with Crippen molar-refractivity contribution in [3.05, 3.63) is 35.4 Å². The highest BCUT2D eigenvalue weighted by atomic mass is 16.5. The summed E-state index contributed by atoms with van der Waals surface area (Å²) in [6, 6.07) is 7.97. The van der Waals surface area contributed by atoms with Crippen LogP contribution in [0.4, 0.5) is 0 Å². The van der Waals surface area contributed by atoms with Crippen LogP contribution < -0.4 is 0 Å². The van der Waals surface area contributed by atoms with Crippen molar-refractivity contribution in [2.24, 2.45) is 5.92 Å². The summed E-state index contributed by atoms with van der Waals surface area (Å²) >= 11 is 0. The molecule has 5 rings (SSSR count). The zero-order valence-corrected chi connectivity index (χ0v) is 16.0. The predicted molar refractivity (Wildman–Crippen MR) is 104 cm³/mol. The first-order valence-corrected chi connectivity index (χ1v) is 10.3. The van der Waals surface area contributed by atoms with Crippen molar-refractivity contribution < 1.29 is 14.6 Å². The molecular formula is C23H29NO3. The van der Waals surface area contributed by atoms with Gasteiger partial charge in [-0.25, -0.2) is 0 Å². The van der Waals surface area contributed by atoms with E-state index in [4.69, 9.17) is 9.84 Å². The van der Waals surface area contributed by atoms with Gasteiger partial charge in [0.1, 0.15) is 12.7 Å². The van der Waals surface area contributed by atoms with E-state index in [1.165, 1.54) is 6.42 Å². The van der Waals surface area contributed by atoms with Crippen LogP contribution in [-0.4, -0.2) is 48.3 Å². The normalized spacial score (nSPS) is 28.9. The second-order valence-corrected chi connectivity index (χ2v) is 8.27. The van der Waals surface area contributed by atoms with Gasteiger partial charge in [-0.3, -0.25) is 9.69 Å². The molecule has 2 bridgehead atoms. The Kier molecular flexibility index (Phi) is 5.52. The Morgan fingerprint density at radius 3 is 2.67 bits per heavy atom. The highest BCUT2D eigenvalue weighted by molar-refractivity contribution is 5.83. The van der Waals surface area contributed by atoms with E-state index in [2.05, 4.69) is 16.7 Å². The molecule has 4 fully saturated rings. The molecular weight excluding hydrogens is 338 g/mol. The number of nitrogens with zero attached hydrogens (tertiary/aromatic N) is 1. The fraction of sp³-hybridized carbons (Fsp3) is 0.609. The van der Waals surface area contributed by atoms with E-state index in [0.717, 1.165) is 69.3 Å². The largest absolute Gasteiger partial charge is 0.460 e. The zero-order valence-electron chi connectivity index (χ0n) is 16.0. The van der Waals surface area contributed by atoms with Crippen LogP contribution in [-0.2, 0) is 14.9 Å². The van der Waals surface area contributed by atoms with Gasteiger partial charge in [0.05, 0.1) is 5.41 Å². The molecule has 0 unspecified atom stereocenters. The summed E-state index contributed by atoms with van der Waals surface area (Å²) < 4.78 is 6.19. The van der Waals surface area contributed by atoms with E-state index < -0.39 is 5.41 Å². The fourth-order valence-corrected chi connectivity index (χ4v) is 5.10. The Morgan fingerprint density at radius 1 is 1.22 bits per heavy atom. The highest BCUT2D eigenvalue weighted by Gasteiger charge is 2.45. The van der Waals surface area contributed by atoms with Gasteiger partial charge in [-0.05, 0) is 62.4 Å². The minimum atomic E-state index is -0.540. The third-order valence-electron chi connectivity index (χ3n) is 6.68. The summed E-state index contributed by atoms with van der Waals surface area (Å²) in [5.74, 6) is 6.17. The average molecular weight is 367 g/mol. The molecule has 1 aromatic carbocycles. The van der Waals surface area contributed by atoms with Crippen molar-refractivity contribution in [1.29, 1.82) is 0 Å². The van der Waals surface area contributed by atoms with Gasteiger partial charge >= 0.3 is 5.97 Å². The molecule has 0 aromatic heterocycles. The zero-order chi connectivity index (χ0) is 18.7. The van der Waals surface area contributed by atoms with Gasteiger partial charge < -0.3 is 9.84 Å². The maximum atomic E-state index is 13.5. The van der Waals surface area contributed by atoms with E-state index in [9.17, 15) is 4.79 Å². The molecule has 144 valence electrons. The van der Waals surface area contributed by atoms with Crippen LogP contribution in [0.2, 0.25) is 0 Å². The number of piperidine rings is 3. The van der Waals surface area contributed by atoms with Gasteiger partial charge in [0.15, 0.2) is 0 Å². The summed E-state index contributed by atoms with van der Waals surface area (Å²) in [6.45, 7) is 3.04. The monoisotopic (exact) mass is 367 g/mol. The lowest BCUT2D eigenvalue weighted by molar-refractivity contribution is -0.167. The number of rotatable bonds is 3. The van der Waals surface area contributed by atoms with Gasteiger partial charge in [-0.2, -0.15) is 0 Å². The minimum absolute atomic E-state index is 0.0341. The second-order valence-electron chi connectivity index (χ2n) is 8.27. The molecule has 1 aromatic rings. The average Bonchev–Trinajstić information content (AvgIpc) is 2.74. The van der Waals surface area contributed by atoms with Crippen LogP contribution in [0.1, 0.15) is 56.1 Å². The Balaban J connectivity index is 1.59. The van der Waals surface area contributed by atoms with Crippen LogP contribution in [0, 0.1) is 17.8 Å². The summed E-state index contributed by atoms with van der Waals surface area (Å²) in [5, 5.41) is 8.97. The van der Waals surface area contributed by atoms with Gasteiger partial charge in [0.2, 0.25) is 0 Å². The number of ether oxygens (including phenoxy) is 1. The smallest absolute Gasteiger partial charge is 0.316 e. The topological polar surface area (TPSA) is 49.8 Å². The van der Waals surface area contributed by atoms with E-state index in [1.807, 2.05) is 24.3 Å².